The minimum absolute atomic E-state index is 0.0533. The summed E-state index contributed by atoms with van der Waals surface area (Å²) in [5, 5.41) is 0. The number of carbonyl (C=O) groups excluding carboxylic acids is 1. The molecule has 2 aromatic rings. The first kappa shape index (κ1) is 16.3. The molecule has 1 heterocycles. The predicted molar refractivity (Wildman–Crippen MR) is 94.5 cm³/mol. The van der Waals surface area contributed by atoms with Crippen LogP contribution < -0.4 is 4.90 Å². The van der Waals surface area contributed by atoms with Gasteiger partial charge in [-0.2, -0.15) is 0 Å². The fourth-order valence-corrected chi connectivity index (χ4v) is 4.00. The normalized spacial score (nSPS) is 17.7. The molecule has 0 aromatic heterocycles. The summed E-state index contributed by atoms with van der Waals surface area (Å²) in [4.78, 5) is 14.7. The average molecular weight is 342 g/mol. The van der Waals surface area contributed by atoms with Gasteiger partial charge in [0.05, 0.1) is 4.90 Å². The summed E-state index contributed by atoms with van der Waals surface area (Å²) < 4.78 is 26.3. The number of fused-ring (bicyclic) bond motifs is 1. The molecule has 0 saturated carbocycles. The lowest BCUT2D eigenvalue weighted by Crippen LogP contribution is -2.36. The fraction of sp³-hybridized carbons (Fsp3) is 0.167. The first-order chi connectivity index (χ1) is 11.3. The monoisotopic (exact) mass is 342 g/mol. The van der Waals surface area contributed by atoms with Crippen molar-refractivity contribution in [3.05, 3.63) is 65.4 Å². The SMILES string of the molecule is CN(C)c1ccc(/C=C2/C(=O)c3ccccc3S(=O)(=O)N2C)cc1. The summed E-state index contributed by atoms with van der Waals surface area (Å²) in [6.07, 6.45) is 1.61. The van der Waals surface area contributed by atoms with Gasteiger partial charge in [-0.3, -0.25) is 9.10 Å². The smallest absolute Gasteiger partial charge is 0.264 e. The van der Waals surface area contributed by atoms with Crippen LogP contribution in [0.1, 0.15) is 15.9 Å². The van der Waals surface area contributed by atoms with Gasteiger partial charge >= 0.3 is 0 Å². The highest BCUT2D eigenvalue weighted by Gasteiger charge is 2.36. The van der Waals surface area contributed by atoms with Crippen LogP contribution in [0.15, 0.2) is 59.1 Å². The van der Waals surface area contributed by atoms with E-state index in [1.807, 2.05) is 43.3 Å². The molecule has 0 bridgehead atoms. The molecule has 0 saturated heterocycles. The van der Waals surface area contributed by atoms with Crippen LogP contribution in [0.2, 0.25) is 0 Å². The maximum absolute atomic E-state index is 12.7. The highest BCUT2D eigenvalue weighted by atomic mass is 32.2. The van der Waals surface area contributed by atoms with E-state index < -0.39 is 10.0 Å². The first-order valence-corrected chi connectivity index (χ1v) is 8.88. The van der Waals surface area contributed by atoms with Gasteiger partial charge in [-0.1, -0.05) is 24.3 Å². The Labute approximate surface area is 141 Å². The van der Waals surface area contributed by atoms with E-state index in [1.54, 1.807) is 24.3 Å². The van der Waals surface area contributed by atoms with Crippen LogP contribution in [0.4, 0.5) is 5.69 Å². The van der Waals surface area contributed by atoms with E-state index in [1.165, 1.54) is 13.1 Å². The van der Waals surface area contributed by atoms with Crippen molar-refractivity contribution >= 4 is 27.6 Å². The average Bonchev–Trinajstić information content (AvgIpc) is 2.58. The summed E-state index contributed by atoms with van der Waals surface area (Å²) in [5.41, 5.74) is 2.15. The Morgan fingerprint density at radius 1 is 1.00 bits per heavy atom. The van der Waals surface area contributed by atoms with Crippen LogP contribution in [0.5, 0.6) is 0 Å². The predicted octanol–water partition coefficient (Wildman–Crippen LogP) is 2.61. The van der Waals surface area contributed by atoms with Gasteiger partial charge in [0, 0.05) is 32.4 Å². The second-order valence-corrected chi connectivity index (χ2v) is 7.75. The van der Waals surface area contributed by atoms with Crippen LogP contribution >= 0.6 is 0 Å². The van der Waals surface area contributed by atoms with Crippen molar-refractivity contribution in [3.63, 3.8) is 0 Å². The molecule has 5 nitrogen and oxygen atoms in total. The number of benzene rings is 2. The van der Waals surface area contributed by atoms with Crippen molar-refractivity contribution in [2.24, 2.45) is 0 Å². The Morgan fingerprint density at radius 3 is 2.25 bits per heavy atom. The molecule has 0 spiro atoms. The van der Waals surface area contributed by atoms with E-state index in [4.69, 9.17) is 0 Å². The summed E-state index contributed by atoms with van der Waals surface area (Å²) in [7, 11) is 1.58. The van der Waals surface area contributed by atoms with Crippen LogP contribution in [0, 0.1) is 0 Å². The Hall–Kier alpha value is -2.60. The molecule has 0 N–H and O–H groups in total. The van der Waals surface area contributed by atoms with E-state index in [-0.39, 0.29) is 21.9 Å². The quantitative estimate of drug-likeness (QED) is 0.787. The molecule has 24 heavy (non-hydrogen) atoms. The number of hydrogen-bond acceptors (Lipinski definition) is 4. The molecule has 0 fully saturated rings. The van der Waals surface area contributed by atoms with Crippen LogP contribution in [-0.4, -0.2) is 39.6 Å². The van der Waals surface area contributed by atoms with Gasteiger partial charge in [0.15, 0.2) is 0 Å². The first-order valence-electron chi connectivity index (χ1n) is 7.44. The van der Waals surface area contributed by atoms with Crippen molar-refractivity contribution in [3.8, 4) is 0 Å². The number of anilines is 1. The number of likely N-dealkylation sites (N-methyl/N-ethyl adjacent to an activating group) is 1. The zero-order valence-corrected chi connectivity index (χ0v) is 14.5. The molecule has 0 amide bonds. The standard InChI is InChI=1S/C18H18N2O3S/c1-19(2)14-10-8-13(9-11-14)12-16-18(21)15-6-4-5-7-17(15)24(22,23)20(16)3/h4-12H,1-3H3/b16-12-. The number of allylic oxidation sites excluding steroid dienone is 1. The lowest BCUT2D eigenvalue weighted by atomic mass is 10.1. The lowest BCUT2D eigenvalue weighted by molar-refractivity contribution is 0.101. The highest BCUT2D eigenvalue weighted by molar-refractivity contribution is 7.89. The number of rotatable bonds is 2. The Kier molecular flexibility index (Phi) is 3.93. The van der Waals surface area contributed by atoms with E-state index >= 15 is 0 Å². The van der Waals surface area contributed by atoms with Crippen molar-refractivity contribution in [1.29, 1.82) is 0 Å². The minimum atomic E-state index is -3.71. The number of nitrogens with zero attached hydrogens (tertiary/aromatic N) is 2. The third kappa shape index (κ3) is 2.59. The summed E-state index contributed by atoms with van der Waals surface area (Å²) in [6.45, 7) is 0. The highest BCUT2D eigenvalue weighted by Crippen LogP contribution is 2.31. The third-order valence-electron chi connectivity index (χ3n) is 4.05. The van der Waals surface area contributed by atoms with Gasteiger partial charge in [0.1, 0.15) is 5.70 Å². The lowest BCUT2D eigenvalue weighted by Gasteiger charge is -2.28. The molecular formula is C18H18N2O3S. The largest absolute Gasteiger partial charge is 0.378 e. The summed E-state index contributed by atoms with van der Waals surface area (Å²) >= 11 is 0. The molecule has 6 heteroatoms. The Morgan fingerprint density at radius 2 is 1.62 bits per heavy atom. The summed E-state index contributed by atoms with van der Waals surface area (Å²) in [5.74, 6) is -0.292. The maximum atomic E-state index is 12.7. The number of ketones is 1. The van der Waals surface area contributed by atoms with Gasteiger partial charge in [0.25, 0.3) is 10.0 Å². The molecule has 2 aromatic carbocycles. The zero-order valence-electron chi connectivity index (χ0n) is 13.7. The number of Topliss-reactive ketones (excluding diaryl/α,β-unsaturated/α-hetero) is 1. The molecule has 124 valence electrons. The molecule has 0 aliphatic carbocycles. The minimum Gasteiger partial charge on any atom is -0.378 e. The number of carbonyl (C=O) groups is 1. The van der Waals surface area contributed by atoms with E-state index in [9.17, 15) is 13.2 Å². The van der Waals surface area contributed by atoms with Gasteiger partial charge < -0.3 is 4.90 Å². The van der Waals surface area contributed by atoms with E-state index in [2.05, 4.69) is 0 Å². The fourth-order valence-electron chi connectivity index (χ4n) is 2.62. The second kappa shape index (κ2) is 5.79. The van der Waals surface area contributed by atoms with Gasteiger partial charge in [-0.25, -0.2) is 8.42 Å². The van der Waals surface area contributed by atoms with Crippen LogP contribution in [0.3, 0.4) is 0 Å². The van der Waals surface area contributed by atoms with Crippen LogP contribution in [-0.2, 0) is 10.0 Å². The van der Waals surface area contributed by atoms with Gasteiger partial charge in [0.2, 0.25) is 5.78 Å². The Bertz CT molecular complexity index is 929. The van der Waals surface area contributed by atoms with Crippen molar-refractivity contribution in [2.75, 3.05) is 26.0 Å². The zero-order chi connectivity index (χ0) is 17.5. The second-order valence-electron chi connectivity index (χ2n) is 5.81. The van der Waals surface area contributed by atoms with E-state index in [0.717, 1.165) is 15.6 Å². The van der Waals surface area contributed by atoms with Gasteiger partial charge in [-0.15, -0.1) is 0 Å². The topological polar surface area (TPSA) is 57.7 Å². The van der Waals surface area contributed by atoms with Crippen LogP contribution in [0.25, 0.3) is 6.08 Å². The number of sulfonamides is 1. The molecule has 1 aliphatic rings. The van der Waals surface area contributed by atoms with Crippen molar-refractivity contribution in [1.82, 2.24) is 4.31 Å². The molecule has 1 aliphatic heterocycles. The van der Waals surface area contributed by atoms with Crippen molar-refractivity contribution in [2.45, 2.75) is 4.90 Å². The third-order valence-corrected chi connectivity index (χ3v) is 5.88. The molecule has 0 atom stereocenters. The number of hydrogen-bond donors (Lipinski definition) is 0. The molecular weight excluding hydrogens is 324 g/mol. The molecule has 0 unspecified atom stereocenters. The maximum Gasteiger partial charge on any atom is 0.264 e. The van der Waals surface area contributed by atoms with E-state index in [0.29, 0.717) is 0 Å². The molecule has 3 rings (SSSR count). The Balaban J connectivity index is 2.10. The van der Waals surface area contributed by atoms with Gasteiger partial charge in [-0.05, 0) is 35.9 Å². The van der Waals surface area contributed by atoms with Crippen molar-refractivity contribution < 1.29 is 13.2 Å². The summed E-state index contributed by atoms with van der Waals surface area (Å²) in [6, 6.07) is 13.8. The molecule has 0 radical (unpaired) electrons.